The van der Waals surface area contributed by atoms with Crippen molar-refractivity contribution in [1.82, 2.24) is 10.6 Å². The average molecular weight is 557 g/mol. The molecule has 0 radical (unpaired) electrons. The number of halogens is 1. The average Bonchev–Trinajstić information content (AvgIpc) is 3.40. The molecule has 2 N–H and O–H groups in total. The zero-order valence-electron chi connectivity index (χ0n) is 19.0. The fourth-order valence-corrected chi connectivity index (χ4v) is 3.31. The Hall–Kier alpha value is -2.27. The Kier molecular flexibility index (Phi) is 10.3. The van der Waals surface area contributed by atoms with E-state index in [9.17, 15) is 4.79 Å². The molecule has 1 aliphatic heterocycles. The zero-order valence-corrected chi connectivity index (χ0v) is 21.4. The second kappa shape index (κ2) is 12.7. The molecule has 1 fully saturated rings. The number of esters is 1. The number of nitrogens with one attached hydrogen (secondary N) is 2. The van der Waals surface area contributed by atoms with Gasteiger partial charge in [0.2, 0.25) is 0 Å². The van der Waals surface area contributed by atoms with Gasteiger partial charge in [0.05, 0.1) is 33.4 Å². The third kappa shape index (κ3) is 7.13. The monoisotopic (exact) mass is 557 g/mol. The van der Waals surface area contributed by atoms with Gasteiger partial charge in [-0.3, -0.25) is 0 Å². The van der Waals surface area contributed by atoms with Crippen LogP contribution >= 0.6 is 24.0 Å². The first-order chi connectivity index (χ1) is 15.0. The van der Waals surface area contributed by atoms with Gasteiger partial charge in [-0.15, -0.1) is 24.0 Å². The molecule has 1 unspecified atom stereocenters. The van der Waals surface area contributed by atoms with E-state index in [2.05, 4.69) is 16.7 Å². The Morgan fingerprint density at radius 3 is 2.75 bits per heavy atom. The smallest absolute Gasteiger partial charge is 0.341 e. The summed E-state index contributed by atoms with van der Waals surface area (Å²) in [5, 5.41) is 6.47. The third-order valence-electron chi connectivity index (χ3n) is 4.96. The molecule has 9 heteroatoms. The predicted octanol–water partition coefficient (Wildman–Crippen LogP) is 3.72. The van der Waals surface area contributed by atoms with Crippen molar-refractivity contribution in [3.63, 3.8) is 0 Å². The van der Waals surface area contributed by atoms with Gasteiger partial charge in [0.25, 0.3) is 0 Å². The minimum atomic E-state index is -0.410. The summed E-state index contributed by atoms with van der Waals surface area (Å²) in [5.41, 5.74) is 2.58. The van der Waals surface area contributed by atoms with E-state index in [0.717, 1.165) is 29.9 Å². The molecular weight excluding hydrogens is 525 g/mol. The van der Waals surface area contributed by atoms with Crippen LogP contribution in [0.5, 0.6) is 5.75 Å². The van der Waals surface area contributed by atoms with E-state index in [4.69, 9.17) is 23.6 Å². The number of benzene rings is 1. The van der Waals surface area contributed by atoms with Gasteiger partial charge in [0, 0.05) is 18.5 Å². The van der Waals surface area contributed by atoms with E-state index >= 15 is 0 Å². The van der Waals surface area contributed by atoms with Crippen LogP contribution in [0.3, 0.4) is 0 Å². The fraction of sp³-hybridized carbons (Fsp3) is 0.478. The number of hydrogen-bond donors (Lipinski definition) is 2. The topological polar surface area (TPSA) is 94.3 Å². The van der Waals surface area contributed by atoms with Crippen LogP contribution in [0.15, 0.2) is 33.7 Å². The van der Waals surface area contributed by atoms with E-state index in [1.165, 1.54) is 7.11 Å². The minimum absolute atomic E-state index is 0. The Morgan fingerprint density at radius 1 is 1.25 bits per heavy atom. The van der Waals surface area contributed by atoms with Crippen LogP contribution in [0.2, 0.25) is 0 Å². The SMILES string of the molecule is CCNC(=NCc1ccc(C)cc1OC1CCOC1)NCc1cc(C(=O)OC)c(C)o1.I. The Balaban J connectivity index is 0.00000363. The fourth-order valence-electron chi connectivity index (χ4n) is 3.31. The van der Waals surface area contributed by atoms with Crippen LogP contribution in [-0.4, -0.2) is 44.9 Å². The quantitative estimate of drug-likeness (QED) is 0.221. The van der Waals surface area contributed by atoms with Gasteiger partial charge in [0.1, 0.15) is 28.9 Å². The molecule has 0 aliphatic carbocycles. The summed E-state index contributed by atoms with van der Waals surface area (Å²) in [4.78, 5) is 16.5. The van der Waals surface area contributed by atoms with E-state index < -0.39 is 5.97 Å². The van der Waals surface area contributed by atoms with E-state index in [-0.39, 0.29) is 30.1 Å². The number of guanidine groups is 1. The summed E-state index contributed by atoms with van der Waals surface area (Å²) in [6.45, 7) is 8.72. The van der Waals surface area contributed by atoms with Gasteiger partial charge in [-0.1, -0.05) is 12.1 Å². The predicted molar refractivity (Wildman–Crippen MR) is 133 cm³/mol. The van der Waals surface area contributed by atoms with Crippen LogP contribution in [-0.2, 0) is 22.6 Å². The molecule has 2 aromatic rings. The van der Waals surface area contributed by atoms with Crippen molar-refractivity contribution in [2.45, 2.75) is 46.4 Å². The molecule has 1 aromatic heterocycles. The van der Waals surface area contributed by atoms with Crippen molar-refractivity contribution < 1.29 is 23.4 Å². The molecule has 1 saturated heterocycles. The van der Waals surface area contributed by atoms with Gasteiger partial charge in [-0.05, 0) is 38.5 Å². The minimum Gasteiger partial charge on any atom is -0.488 e. The molecule has 3 rings (SSSR count). The molecule has 176 valence electrons. The Morgan fingerprint density at radius 2 is 2.06 bits per heavy atom. The number of ether oxygens (including phenoxy) is 3. The van der Waals surface area contributed by atoms with Gasteiger partial charge in [0.15, 0.2) is 5.96 Å². The first kappa shape index (κ1) is 26.0. The number of methoxy groups -OCH3 is 1. The summed E-state index contributed by atoms with van der Waals surface area (Å²) in [6, 6.07) is 7.84. The highest BCUT2D eigenvalue weighted by Gasteiger charge is 2.19. The van der Waals surface area contributed by atoms with Crippen molar-refractivity contribution in [1.29, 1.82) is 0 Å². The number of rotatable bonds is 8. The summed E-state index contributed by atoms with van der Waals surface area (Å²) < 4.78 is 22.0. The van der Waals surface area contributed by atoms with Crippen molar-refractivity contribution in [3.05, 3.63) is 52.5 Å². The molecule has 8 nitrogen and oxygen atoms in total. The van der Waals surface area contributed by atoms with Crippen LogP contribution in [0, 0.1) is 13.8 Å². The lowest BCUT2D eigenvalue weighted by atomic mass is 10.1. The standard InChI is InChI=1S/C23H31N3O5.HI/c1-5-24-23(26-13-19-11-20(16(3)30-19)22(27)28-4)25-12-17-7-6-15(2)10-21(17)31-18-8-9-29-14-18;/h6-7,10-11,18H,5,8-9,12-14H2,1-4H3,(H2,24,25,26);1H. The summed E-state index contributed by atoms with van der Waals surface area (Å²) in [5.74, 6) is 2.24. The first-order valence-corrected chi connectivity index (χ1v) is 10.5. The second-order valence-electron chi connectivity index (χ2n) is 7.44. The molecular formula is C23H32IN3O5. The number of aliphatic imine (C=N–C) groups is 1. The lowest BCUT2D eigenvalue weighted by Gasteiger charge is -2.16. The van der Waals surface area contributed by atoms with Gasteiger partial charge in [-0.2, -0.15) is 0 Å². The summed E-state index contributed by atoms with van der Waals surface area (Å²) in [6.07, 6.45) is 0.985. The first-order valence-electron chi connectivity index (χ1n) is 10.5. The number of aryl methyl sites for hydroxylation is 2. The van der Waals surface area contributed by atoms with Crippen LogP contribution in [0.25, 0.3) is 0 Å². The highest BCUT2D eigenvalue weighted by molar-refractivity contribution is 14.0. The lowest BCUT2D eigenvalue weighted by molar-refractivity contribution is 0.0599. The van der Waals surface area contributed by atoms with Crippen molar-refractivity contribution in [2.24, 2.45) is 4.99 Å². The molecule has 0 amide bonds. The van der Waals surface area contributed by atoms with Gasteiger partial charge >= 0.3 is 5.97 Å². The maximum Gasteiger partial charge on any atom is 0.341 e. The normalized spacial score (nSPS) is 15.8. The molecule has 2 heterocycles. The van der Waals surface area contributed by atoms with Crippen molar-refractivity contribution in [3.8, 4) is 5.75 Å². The third-order valence-corrected chi connectivity index (χ3v) is 4.96. The Bertz CT molecular complexity index is 922. The van der Waals surface area contributed by atoms with E-state index in [1.807, 2.05) is 26.0 Å². The maximum atomic E-state index is 11.8. The van der Waals surface area contributed by atoms with E-state index in [0.29, 0.717) is 49.3 Å². The van der Waals surface area contributed by atoms with E-state index in [1.54, 1.807) is 13.0 Å². The van der Waals surface area contributed by atoms with Crippen LogP contribution < -0.4 is 15.4 Å². The van der Waals surface area contributed by atoms with Crippen molar-refractivity contribution >= 4 is 35.9 Å². The second-order valence-corrected chi connectivity index (χ2v) is 7.44. The molecule has 0 bridgehead atoms. The summed E-state index contributed by atoms with van der Waals surface area (Å²) >= 11 is 0. The largest absolute Gasteiger partial charge is 0.488 e. The molecule has 0 saturated carbocycles. The highest BCUT2D eigenvalue weighted by atomic mass is 127. The van der Waals surface area contributed by atoms with Crippen molar-refractivity contribution in [2.75, 3.05) is 26.9 Å². The van der Waals surface area contributed by atoms with Gasteiger partial charge in [-0.25, -0.2) is 9.79 Å². The highest BCUT2D eigenvalue weighted by Crippen LogP contribution is 2.24. The number of furan rings is 1. The molecule has 1 aliphatic rings. The Labute approximate surface area is 206 Å². The summed E-state index contributed by atoms with van der Waals surface area (Å²) in [7, 11) is 1.35. The lowest BCUT2D eigenvalue weighted by Crippen LogP contribution is -2.36. The number of carbonyl (C=O) groups is 1. The number of hydrogen-bond acceptors (Lipinski definition) is 6. The number of carbonyl (C=O) groups excluding carboxylic acids is 1. The number of nitrogens with zero attached hydrogens (tertiary/aromatic N) is 1. The molecule has 1 atom stereocenters. The maximum absolute atomic E-state index is 11.8. The zero-order chi connectivity index (χ0) is 22.2. The van der Waals surface area contributed by atoms with Gasteiger partial charge < -0.3 is 29.3 Å². The molecule has 0 spiro atoms. The van der Waals surface area contributed by atoms with Crippen LogP contribution in [0.4, 0.5) is 0 Å². The van der Waals surface area contributed by atoms with Crippen LogP contribution in [0.1, 0.15) is 46.3 Å². The molecule has 1 aromatic carbocycles. The molecule has 32 heavy (non-hydrogen) atoms.